The van der Waals surface area contributed by atoms with Gasteiger partial charge in [0.2, 0.25) is 5.91 Å². The smallest absolute Gasteiger partial charge is 0.409 e. The number of nitrogens with one attached hydrogen (secondary N) is 3. The van der Waals surface area contributed by atoms with Gasteiger partial charge in [0.15, 0.2) is 0 Å². The minimum absolute atomic E-state index is 0.0118. The van der Waals surface area contributed by atoms with E-state index in [1.165, 1.54) is 12.1 Å². The summed E-state index contributed by atoms with van der Waals surface area (Å²) in [7, 11) is 0. The van der Waals surface area contributed by atoms with Crippen molar-refractivity contribution in [1.29, 1.82) is 0 Å². The minimum Gasteiger partial charge on any atom is -0.465 e. The zero-order valence-electron chi connectivity index (χ0n) is 25.7. The number of aliphatic hydroxyl groups is 1. The maximum atomic E-state index is 13.8. The molecule has 9 nitrogen and oxygen atoms in total. The van der Waals surface area contributed by atoms with Crippen molar-refractivity contribution >= 4 is 23.6 Å². The topological polar surface area (TPSA) is 131 Å². The van der Waals surface area contributed by atoms with Gasteiger partial charge in [-0.05, 0) is 78.8 Å². The van der Waals surface area contributed by atoms with Gasteiger partial charge in [-0.1, -0.05) is 38.1 Å². The molecule has 0 unspecified atom stereocenters. The number of carboxylic acid groups (broad SMARTS) is 1. The third-order valence-electron chi connectivity index (χ3n) is 7.19. The highest BCUT2D eigenvalue weighted by Crippen LogP contribution is 2.15. The average Bonchev–Trinajstić information content (AvgIpc) is 2.98. The number of halogens is 2. The molecule has 0 aliphatic heterocycles. The molecule has 0 heterocycles. The Morgan fingerprint density at radius 3 is 2.20 bits per heavy atom. The van der Waals surface area contributed by atoms with E-state index in [-0.39, 0.29) is 31.7 Å². The molecule has 0 aliphatic carbocycles. The SMILES string of the molecule is CCCN(CCC)C(=O)Cc1cccc(C(=O)N[C@@H](CCc2cc(F)cc(F)c2)[C@H](O)CNCc2cccc(NC(=O)O)c2)c1. The first-order valence-corrected chi connectivity index (χ1v) is 15.2. The molecule has 5 N–H and O–H groups in total. The molecule has 0 aromatic heterocycles. The highest BCUT2D eigenvalue weighted by Gasteiger charge is 2.23. The lowest BCUT2D eigenvalue weighted by Gasteiger charge is -2.25. The first-order chi connectivity index (χ1) is 21.6. The predicted molar refractivity (Wildman–Crippen MR) is 169 cm³/mol. The van der Waals surface area contributed by atoms with E-state index in [1.54, 1.807) is 48.5 Å². The van der Waals surface area contributed by atoms with Crippen LogP contribution in [0.1, 0.15) is 60.2 Å². The number of aryl methyl sites for hydroxylation is 1. The summed E-state index contributed by atoms with van der Waals surface area (Å²) < 4.78 is 27.6. The number of hydrogen-bond acceptors (Lipinski definition) is 5. The normalized spacial score (nSPS) is 12.3. The lowest BCUT2D eigenvalue weighted by atomic mass is 9.99. The third kappa shape index (κ3) is 11.9. The summed E-state index contributed by atoms with van der Waals surface area (Å²) in [5.41, 5.74) is 2.58. The molecule has 0 fully saturated rings. The highest BCUT2D eigenvalue weighted by atomic mass is 19.1. The van der Waals surface area contributed by atoms with E-state index in [0.29, 0.717) is 42.0 Å². The van der Waals surface area contributed by atoms with Crippen LogP contribution in [0.15, 0.2) is 66.7 Å². The molecule has 3 aromatic carbocycles. The molecule has 11 heteroatoms. The van der Waals surface area contributed by atoms with Crippen LogP contribution in [0.3, 0.4) is 0 Å². The number of benzene rings is 3. The van der Waals surface area contributed by atoms with Crippen molar-refractivity contribution in [3.8, 4) is 0 Å². The van der Waals surface area contributed by atoms with Gasteiger partial charge in [0.1, 0.15) is 11.6 Å². The number of anilines is 1. The summed E-state index contributed by atoms with van der Waals surface area (Å²) >= 11 is 0. The van der Waals surface area contributed by atoms with E-state index in [4.69, 9.17) is 5.11 Å². The van der Waals surface area contributed by atoms with Gasteiger partial charge in [-0.3, -0.25) is 14.9 Å². The summed E-state index contributed by atoms with van der Waals surface area (Å²) in [5.74, 6) is -1.89. The number of aliphatic hydroxyl groups excluding tert-OH is 1. The number of carbonyl (C=O) groups excluding carboxylic acids is 2. The average molecular weight is 625 g/mol. The number of rotatable bonds is 17. The van der Waals surface area contributed by atoms with Crippen molar-refractivity contribution in [2.45, 2.75) is 64.6 Å². The van der Waals surface area contributed by atoms with Crippen molar-refractivity contribution in [3.63, 3.8) is 0 Å². The second kappa shape index (κ2) is 17.8. The standard InChI is InChI=1S/C34H42F2N4O5/c1-3-13-40(14-4-2)32(42)19-23-7-5-9-26(15-23)33(43)39-30(12-11-24-16-27(35)20-28(36)17-24)31(41)22-37-21-25-8-6-10-29(18-25)38-34(44)45/h5-10,15-18,20,30-31,37-38,41H,3-4,11-14,19,21-22H2,1-2H3,(H,39,43)(H,44,45)/t30-,31+/m0/s1. The number of amides is 3. The summed E-state index contributed by atoms with van der Waals surface area (Å²) in [6.07, 6.45) is -0.0124. The number of carbonyl (C=O) groups is 3. The zero-order chi connectivity index (χ0) is 32.8. The first kappa shape index (κ1) is 35.1. The molecule has 2 atom stereocenters. The van der Waals surface area contributed by atoms with Crippen LogP contribution in [-0.2, 0) is 24.2 Å². The van der Waals surface area contributed by atoms with Gasteiger partial charge >= 0.3 is 6.09 Å². The molecule has 0 saturated heterocycles. The Hall–Kier alpha value is -4.35. The molecule has 0 bridgehead atoms. The maximum absolute atomic E-state index is 13.8. The molecular formula is C34H42F2N4O5. The molecule has 0 aliphatic rings. The van der Waals surface area contributed by atoms with Gasteiger partial charge in [-0.25, -0.2) is 13.6 Å². The largest absolute Gasteiger partial charge is 0.465 e. The Labute approximate surface area is 262 Å². The monoisotopic (exact) mass is 624 g/mol. The van der Waals surface area contributed by atoms with Crippen LogP contribution in [-0.4, -0.2) is 64.8 Å². The minimum atomic E-state index is -1.18. The van der Waals surface area contributed by atoms with Crippen molar-refractivity contribution in [2.24, 2.45) is 0 Å². The Morgan fingerprint density at radius 2 is 1.53 bits per heavy atom. The van der Waals surface area contributed by atoms with Crippen molar-refractivity contribution in [1.82, 2.24) is 15.5 Å². The molecule has 0 radical (unpaired) electrons. The van der Waals surface area contributed by atoms with Crippen LogP contribution >= 0.6 is 0 Å². The van der Waals surface area contributed by atoms with E-state index in [9.17, 15) is 28.3 Å². The summed E-state index contributed by atoms with van der Waals surface area (Å²) in [6, 6.07) is 16.0. The Kier molecular flexibility index (Phi) is 13.9. The molecule has 45 heavy (non-hydrogen) atoms. The van der Waals surface area contributed by atoms with Crippen LogP contribution in [0.25, 0.3) is 0 Å². The fourth-order valence-electron chi connectivity index (χ4n) is 5.09. The second-order valence-electron chi connectivity index (χ2n) is 11.0. The molecule has 3 amide bonds. The predicted octanol–water partition coefficient (Wildman–Crippen LogP) is 5.13. The van der Waals surface area contributed by atoms with Gasteiger partial charge in [-0.15, -0.1) is 0 Å². The lowest BCUT2D eigenvalue weighted by molar-refractivity contribution is -0.130. The van der Waals surface area contributed by atoms with Gasteiger partial charge in [0, 0.05) is 43.5 Å². The van der Waals surface area contributed by atoms with E-state index in [2.05, 4.69) is 16.0 Å². The third-order valence-corrected chi connectivity index (χ3v) is 7.19. The number of hydrogen-bond donors (Lipinski definition) is 5. The van der Waals surface area contributed by atoms with Crippen LogP contribution in [0.5, 0.6) is 0 Å². The summed E-state index contributed by atoms with van der Waals surface area (Å²) in [6.45, 7) is 5.75. The quantitative estimate of drug-likeness (QED) is 0.142. The molecule has 0 saturated carbocycles. The van der Waals surface area contributed by atoms with Gasteiger partial charge in [-0.2, -0.15) is 0 Å². The molecule has 0 spiro atoms. The van der Waals surface area contributed by atoms with Gasteiger partial charge < -0.3 is 25.7 Å². The van der Waals surface area contributed by atoms with Crippen molar-refractivity contribution in [3.05, 3.63) is 101 Å². The first-order valence-electron chi connectivity index (χ1n) is 15.2. The van der Waals surface area contributed by atoms with Crippen molar-refractivity contribution < 1.29 is 33.4 Å². The molecule has 3 rings (SSSR count). The van der Waals surface area contributed by atoms with Crippen LogP contribution in [0.2, 0.25) is 0 Å². The van der Waals surface area contributed by atoms with E-state index >= 15 is 0 Å². The Bertz CT molecular complexity index is 1410. The van der Waals surface area contributed by atoms with Crippen molar-refractivity contribution in [2.75, 3.05) is 25.0 Å². The second-order valence-corrected chi connectivity index (χ2v) is 11.0. The lowest BCUT2D eigenvalue weighted by Crippen LogP contribution is -2.47. The van der Waals surface area contributed by atoms with Gasteiger partial charge in [0.25, 0.3) is 5.91 Å². The van der Waals surface area contributed by atoms with E-state index < -0.39 is 35.8 Å². The maximum Gasteiger partial charge on any atom is 0.409 e. The van der Waals surface area contributed by atoms with Crippen LogP contribution in [0.4, 0.5) is 19.3 Å². The summed E-state index contributed by atoms with van der Waals surface area (Å²) in [4.78, 5) is 39.0. The molecular weight excluding hydrogens is 582 g/mol. The van der Waals surface area contributed by atoms with E-state index in [1.807, 2.05) is 18.7 Å². The molecule has 242 valence electrons. The Morgan fingerprint density at radius 1 is 0.867 bits per heavy atom. The van der Waals surface area contributed by atoms with Crippen LogP contribution in [0, 0.1) is 11.6 Å². The Balaban J connectivity index is 1.70. The van der Waals surface area contributed by atoms with E-state index in [0.717, 1.165) is 24.5 Å². The fourth-order valence-corrected chi connectivity index (χ4v) is 5.09. The van der Waals surface area contributed by atoms with Gasteiger partial charge in [0.05, 0.1) is 18.6 Å². The van der Waals surface area contributed by atoms with Crippen LogP contribution < -0.4 is 16.0 Å². The highest BCUT2D eigenvalue weighted by molar-refractivity contribution is 5.95. The zero-order valence-corrected chi connectivity index (χ0v) is 25.7. The molecule has 3 aromatic rings. The number of nitrogens with zero attached hydrogens (tertiary/aromatic N) is 1. The summed E-state index contributed by atoms with van der Waals surface area (Å²) in [5, 5.41) is 28.3. The fraction of sp³-hybridized carbons (Fsp3) is 0.382.